The van der Waals surface area contributed by atoms with Gasteiger partial charge in [0.05, 0.1) is 77.2 Å². The van der Waals surface area contributed by atoms with E-state index in [0.717, 1.165) is 11.0 Å². The van der Waals surface area contributed by atoms with E-state index in [4.69, 9.17) is 35.3 Å². The van der Waals surface area contributed by atoms with E-state index in [2.05, 4.69) is 26.3 Å². The van der Waals surface area contributed by atoms with Crippen molar-refractivity contribution in [2.45, 2.75) is 50.4 Å². The predicted octanol–water partition coefficient (Wildman–Crippen LogP) is 2.46. The number of hydrogen-bond acceptors (Lipinski definition) is 14. The van der Waals surface area contributed by atoms with Crippen LogP contribution in [0.1, 0.15) is 63.0 Å². The molecule has 6 N–H and O–H groups in total. The number of carbonyl (C=O) groups excluding carboxylic acids is 7. The van der Waals surface area contributed by atoms with Gasteiger partial charge in [-0.1, -0.05) is 17.7 Å². The lowest BCUT2D eigenvalue weighted by Crippen LogP contribution is -2.54. The lowest BCUT2D eigenvalue weighted by molar-refractivity contribution is -0.149. The van der Waals surface area contributed by atoms with Crippen molar-refractivity contribution >= 4 is 75.2 Å². The van der Waals surface area contributed by atoms with Crippen LogP contribution in [0.2, 0.25) is 5.02 Å². The molecule has 7 amide bonds. The zero-order valence-corrected chi connectivity index (χ0v) is 38.5. The van der Waals surface area contributed by atoms with Crippen molar-refractivity contribution in [3.63, 3.8) is 0 Å². The fourth-order valence-electron chi connectivity index (χ4n) is 8.23. The maximum absolute atomic E-state index is 13.7. The number of imide groups is 2. The molecule has 3 aromatic carbocycles. The van der Waals surface area contributed by atoms with E-state index in [9.17, 15) is 43.1 Å². The number of aliphatic hydroxyl groups is 1. The summed E-state index contributed by atoms with van der Waals surface area (Å²) in [4.78, 5) is 94.9. The minimum Gasteiger partial charge on any atom is -0.382 e. The Balaban J connectivity index is 0.692. The van der Waals surface area contributed by atoms with Crippen LogP contribution in [-0.2, 0) is 49.4 Å². The Bertz CT molecular complexity index is 2560. The number of hydrogen-bond donors (Lipinski definition) is 6. The van der Waals surface area contributed by atoms with Crippen molar-refractivity contribution in [1.29, 1.82) is 0 Å². The number of aromatic amines is 1. The predicted molar refractivity (Wildman–Crippen MR) is 246 cm³/mol. The summed E-state index contributed by atoms with van der Waals surface area (Å²) >= 11 is 5.90. The SMILES string of the molecule is CC1CC(O)(C(=O)NCc2cc(F)cc(Cl)c2)C(=O)N1c1ccc2[nH]c(C(=O)NCCOCCOCCOCCOCCOCCNc3cccc4c3C(=O)N(C3CCC(=O)NC3=O)C4=O)cc2c1. The molecule has 7 rings (SSSR count). The maximum Gasteiger partial charge on any atom is 0.269 e. The van der Waals surface area contributed by atoms with Gasteiger partial charge in [0.2, 0.25) is 17.4 Å². The Morgan fingerprint density at radius 2 is 1.48 bits per heavy atom. The summed E-state index contributed by atoms with van der Waals surface area (Å²) in [7, 11) is 0. The van der Waals surface area contributed by atoms with Gasteiger partial charge in [0.15, 0.2) is 0 Å². The van der Waals surface area contributed by atoms with Gasteiger partial charge in [0.25, 0.3) is 29.5 Å². The molecule has 3 aliphatic heterocycles. The quantitative estimate of drug-likeness (QED) is 0.0317. The lowest BCUT2D eigenvalue weighted by atomic mass is 9.99. The minimum atomic E-state index is -2.34. The van der Waals surface area contributed by atoms with Gasteiger partial charge in [0.1, 0.15) is 17.6 Å². The number of anilines is 2. The number of ether oxygens (including phenoxy) is 5. The van der Waals surface area contributed by atoms with Gasteiger partial charge in [-0.25, -0.2) is 4.39 Å². The van der Waals surface area contributed by atoms with Crippen LogP contribution >= 0.6 is 11.6 Å². The van der Waals surface area contributed by atoms with Crippen LogP contribution in [0, 0.1) is 5.82 Å². The molecule has 20 nitrogen and oxygen atoms in total. The first-order chi connectivity index (χ1) is 33.2. The fraction of sp³-hybridized carbons (Fsp3) is 0.426. The van der Waals surface area contributed by atoms with E-state index in [1.807, 2.05) is 0 Å². The number of piperidine rings is 1. The van der Waals surface area contributed by atoms with Crippen LogP contribution in [0.4, 0.5) is 15.8 Å². The zero-order chi connectivity index (χ0) is 49.1. The number of halogens is 2. The molecule has 4 aromatic rings. The molecule has 69 heavy (non-hydrogen) atoms. The van der Waals surface area contributed by atoms with Crippen molar-refractivity contribution in [3.8, 4) is 0 Å². The molecule has 0 spiro atoms. The molecule has 22 heteroatoms. The summed E-state index contributed by atoms with van der Waals surface area (Å²) in [5.41, 5.74) is 0.230. The van der Waals surface area contributed by atoms with Crippen LogP contribution in [0.25, 0.3) is 10.9 Å². The number of benzene rings is 3. The maximum atomic E-state index is 13.7. The van der Waals surface area contributed by atoms with Crippen molar-refractivity contribution < 1.29 is 66.7 Å². The number of nitrogens with one attached hydrogen (secondary N) is 5. The highest BCUT2D eigenvalue weighted by Crippen LogP contribution is 2.36. The molecule has 3 aliphatic rings. The second-order valence-electron chi connectivity index (χ2n) is 16.4. The van der Waals surface area contributed by atoms with Crippen molar-refractivity contribution in [2.24, 2.45) is 0 Å². The third-order valence-corrected chi connectivity index (χ3v) is 11.8. The van der Waals surface area contributed by atoms with Gasteiger partial charge in [-0.2, -0.15) is 0 Å². The summed E-state index contributed by atoms with van der Waals surface area (Å²) in [5.74, 6) is -4.90. The number of H-pyrrole nitrogens is 1. The number of nitrogens with zero attached hydrogens (tertiary/aromatic N) is 2. The van der Waals surface area contributed by atoms with Gasteiger partial charge in [-0.05, 0) is 73.5 Å². The smallest absolute Gasteiger partial charge is 0.269 e. The van der Waals surface area contributed by atoms with Gasteiger partial charge in [0, 0.05) is 65.8 Å². The lowest BCUT2D eigenvalue weighted by Gasteiger charge is -2.27. The molecule has 4 heterocycles. The highest BCUT2D eigenvalue weighted by Gasteiger charge is 2.55. The Kier molecular flexibility index (Phi) is 17.1. The van der Waals surface area contributed by atoms with E-state index < -0.39 is 58.9 Å². The van der Waals surface area contributed by atoms with Crippen LogP contribution in [0.15, 0.2) is 60.7 Å². The average molecular weight is 978 g/mol. The number of aromatic nitrogens is 1. The minimum absolute atomic E-state index is 0.0449. The molecular formula is C47H53ClFN7O13. The molecule has 0 radical (unpaired) electrons. The van der Waals surface area contributed by atoms with Crippen LogP contribution in [0.3, 0.4) is 0 Å². The highest BCUT2D eigenvalue weighted by molar-refractivity contribution is 6.30. The fourth-order valence-corrected chi connectivity index (χ4v) is 8.48. The highest BCUT2D eigenvalue weighted by atomic mass is 35.5. The summed E-state index contributed by atoms with van der Waals surface area (Å²) in [5, 5.41) is 22.6. The Hall–Kier alpha value is -6.33. The number of rotatable bonds is 25. The van der Waals surface area contributed by atoms with Crippen LogP contribution in [-0.4, -0.2) is 153 Å². The van der Waals surface area contributed by atoms with Crippen LogP contribution < -0.4 is 26.2 Å². The number of amides is 7. The molecule has 2 fully saturated rings. The van der Waals surface area contributed by atoms with Crippen LogP contribution in [0.5, 0.6) is 0 Å². The first-order valence-corrected chi connectivity index (χ1v) is 22.8. The molecule has 0 saturated carbocycles. The van der Waals surface area contributed by atoms with Gasteiger partial charge in [-0.3, -0.25) is 43.8 Å². The van der Waals surface area contributed by atoms with Gasteiger partial charge >= 0.3 is 0 Å². The topological polar surface area (TPSA) is 256 Å². The molecule has 0 bridgehead atoms. The summed E-state index contributed by atoms with van der Waals surface area (Å²) in [6.45, 7) is 5.46. The molecule has 3 atom stereocenters. The Labute approximate surface area is 400 Å². The number of carbonyl (C=O) groups is 7. The molecular weight excluding hydrogens is 925 g/mol. The largest absolute Gasteiger partial charge is 0.382 e. The Morgan fingerprint density at radius 1 is 0.812 bits per heavy atom. The van der Waals surface area contributed by atoms with E-state index in [1.54, 1.807) is 43.3 Å². The third kappa shape index (κ3) is 12.3. The second kappa shape index (κ2) is 23.3. The molecule has 0 aliphatic carbocycles. The van der Waals surface area contributed by atoms with Gasteiger partial charge < -0.3 is 54.6 Å². The third-order valence-electron chi connectivity index (χ3n) is 11.5. The van der Waals surface area contributed by atoms with E-state index in [1.165, 1.54) is 23.1 Å². The first-order valence-electron chi connectivity index (χ1n) is 22.4. The monoisotopic (exact) mass is 977 g/mol. The van der Waals surface area contributed by atoms with Crippen molar-refractivity contribution in [2.75, 3.05) is 89.4 Å². The van der Waals surface area contributed by atoms with E-state index in [-0.39, 0.29) is 61.0 Å². The van der Waals surface area contributed by atoms with Gasteiger partial charge in [-0.15, -0.1) is 0 Å². The van der Waals surface area contributed by atoms with Crippen molar-refractivity contribution in [1.82, 2.24) is 25.8 Å². The molecule has 1 aromatic heterocycles. The average Bonchev–Trinajstić information content (AvgIpc) is 3.94. The second-order valence-corrected chi connectivity index (χ2v) is 16.9. The zero-order valence-electron chi connectivity index (χ0n) is 37.7. The summed E-state index contributed by atoms with van der Waals surface area (Å²) in [6, 6.07) is 13.8. The van der Waals surface area contributed by atoms with Crippen molar-refractivity contribution in [3.05, 3.63) is 93.9 Å². The summed E-state index contributed by atoms with van der Waals surface area (Å²) in [6.07, 6.45) is -0.0409. The first kappa shape index (κ1) is 50.5. The Morgan fingerprint density at radius 3 is 2.14 bits per heavy atom. The number of fused-ring (bicyclic) bond motifs is 2. The summed E-state index contributed by atoms with van der Waals surface area (Å²) < 4.78 is 41.5. The molecule has 3 unspecified atom stereocenters. The standard InChI is InChI=1S/C47H53ClFN7O13/c1-28-26-47(64,45(62)52-27-29-21-31(48)25-32(49)22-29)46(63)55(28)33-5-6-35-30(23-33)24-37(53-35)41(58)51-10-12-66-14-16-68-18-20-69-19-17-67-15-13-65-11-9-50-36-4-2-3-34-40(36)44(61)56(43(34)60)38-7-8-39(57)54-42(38)59/h2-6,21-25,28,38,50,53,64H,7-20,26-27H2,1H3,(H,51,58)(H,52,62)(H,54,57,59). The normalized spacial score (nSPS) is 19.1. The van der Waals surface area contributed by atoms with E-state index in [0.29, 0.717) is 99.5 Å². The van der Waals surface area contributed by atoms with E-state index >= 15 is 0 Å². The molecule has 368 valence electrons. The molecule has 2 saturated heterocycles.